The largest absolute Gasteiger partial charge is 0.480 e. The number of carboxylic acid groups (broad SMARTS) is 1. The van der Waals surface area contributed by atoms with Crippen molar-refractivity contribution in [2.24, 2.45) is 0 Å². The molecule has 1 heterocycles. The molecule has 2 amide bonds. The van der Waals surface area contributed by atoms with Gasteiger partial charge < -0.3 is 10.0 Å². The third-order valence-electron chi connectivity index (χ3n) is 3.33. The van der Waals surface area contributed by atoms with Crippen molar-refractivity contribution in [1.82, 2.24) is 4.90 Å². The number of carbonyl (C=O) groups excluding carboxylic acids is 1. The van der Waals surface area contributed by atoms with Gasteiger partial charge in [0.1, 0.15) is 6.04 Å². The molecule has 1 fully saturated rings. The van der Waals surface area contributed by atoms with Crippen molar-refractivity contribution in [2.75, 3.05) is 30.0 Å². The summed E-state index contributed by atoms with van der Waals surface area (Å²) in [6.07, 6.45) is 0. The Bertz CT molecular complexity index is 582. The molecule has 21 heavy (non-hydrogen) atoms. The second kappa shape index (κ2) is 6.50. The van der Waals surface area contributed by atoms with Gasteiger partial charge in [0.25, 0.3) is 0 Å². The first-order valence-corrected chi connectivity index (χ1v) is 7.55. The van der Waals surface area contributed by atoms with E-state index in [1.54, 1.807) is 31.3 Å². The monoisotopic (exact) mass is 305 g/mol. The highest BCUT2D eigenvalue weighted by Crippen LogP contribution is 2.21. The number of benzene rings is 1. The topological polar surface area (TPSA) is 84.6 Å². The highest BCUT2D eigenvalue weighted by molar-refractivity contribution is 7.99. The number of hydrogen-bond donors (Lipinski definition) is 1. The molecule has 0 aliphatic carbocycles. The Hall–Kier alpha value is -2.20. The minimum Gasteiger partial charge on any atom is -0.480 e. The van der Waals surface area contributed by atoms with Gasteiger partial charge in [-0.1, -0.05) is 0 Å². The fraction of sp³-hybridized carbons (Fsp3) is 0.357. The fourth-order valence-corrected chi connectivity index (χ4v) is 3.14. The van der Waals surface area contributed by atoms with Gasteiger partial charge in [0.05, 0.1) is 11.6 Å². The third kappa shape index (κ3) is 3.28. The normalized spacial score (nSPS) is 17.9. The van der Waals surface area contributed by atoms with Gasteiger partial charge in [-0.25, -0.2) is 9.59 Å². The van der Waals surface area contributed by atoms with Crippen LogP contribution in [0.15, 0.2) is 24.3 Å². The van der Waals surface area contributed by atoms with Gasteiger partial charge in [-0.15, -0.1) is 0 Å². The summed E-state index contributed by atoms with van der Waals surface area (Å²) in [6.45, 7) is 0.418. The molecule has 1 atom stereocenters. The molecule has 2 rings (SSSR count). The Morgan fingerprint density at radius 1 is 1.43 bits per heavy atom. The Kier molecular flexibility index (Phi) is 4.70. The molecule has 0 bridgehead atoms. The lowest BCUT2D eigenvalue weighted by atomic mass is 10.2. The molecule has 1 aliphatic heterocycles. The van der Waals surface area contributed by atoms with Crippen LogP contribution in [0.5, 0.6) is 0 Å². The lowest BCUT2D eigenvalue weighted by Gasteiger charge is -2.35. The molecule has 1 aliphatic rings. The summed E-state index contributed by atoms with van der Waals surface area (Å²) in [5.74, 6) is 0.155. The minimum atomic E-state index is -0.983. The molecular weight excluding hydrogens is 290 g/mol. The number of hydrogen-bond acceptors (Lipinski definition) is 4. The van der Waals surface area contributed by atoms with E-state index in [-0.39, 0.29) is 6.03 Å². The third-order valence-corrected chi connectivity index (χ3v) is 4.35. The first kappa shape index (κ1) is 15.2. The van der Waals surface area contributed by atoms with Crippen molar-refractivity contribution in [3.05, 3.63) is 29.8 Å². The first-order chi connectivity index (χ1) is 10.0. The van der Waals surface area contributed by atoms with E-state index in [9.17, 15) is 14.7 Å². The van der Waals surface area contributed by atoms with E-state index in [4.69, 9.17) is 5.26 Å². The van der Waals surface area contributed by atoms with E-state index in [2.05, 4.69) is 0 Å². The summed E-state index contributed by atoms with van der Waals surface area (Å²) in [5.41, 5.74) is 1.14. The quantitative estimate of drug-likeness (QED) is 0.897. The van der Waals surface area contributed by atoms with E-state index in [1.165, 1.54) is 21.6 Å². The van der Waals surface area contributed by atoms with Crippen LogP contribution in [-0.4, -0.2) is 53.1 Å². The van der Waals surface area contributed by atoms with Crippen LogP contribution in [0, 0.1) is 11.3 Å². The van der Waals surface area contributed by atoms with Gasteiger partial charge in [-0.2, -0.15) is 17.0 Å². The lowest BCUT2D eigenvalue weighted by Crippen LogP contribution is -2.54. The van der Waals surface area contributed by atoms with Crippen molar-refractivity contribution in [3.8, 4) is 6.07 Å². The van der Waals surface area contributed by atoms with Crippen molar-refractivity contribution < 1.29 is 14.7 Å². The summed E-state index contributed by atoms with van der Waals surface area (Å²) < 4.78 is 0. The highest BCUT2D eigenvalue weighted by atomic mass is 32.2. The molecule has 7 heteroatoms. The number of aliphatic carboxylic acids is 1. The van der Waals surface area contributed by atoms with Gasteiger partial charge in [0.2, 0.25) is 0 Å². The number of rotatable bonds is 2. The van der Waals surface area contributed by atoms with E-state index in [0.717, 1.165) is 5.75 Å². The second-order valence-corrected chi connectivity index (χ2v) is 5.77. The fourth-order valence-electron chi connectivity index (χ4n) is 2.10. The average Bonchev–Trinajstić information content (AvgIpc) is 2.53. The van der Waals surface area contributed by atoms with E-state index >= 15 is 0 Å². The Morgan fingerprint density at radius 2 is 2.10 bits per heavy atom. The van der Waals surface area contributed by atoms with Crippen LogP contribution in [0.1, 0.15) is 5.56 Å². The van der Waals surface area contributed by atoms with Crippen LogP contribution in [-0.2, 0) is 4.79 Å². The Morgan fingerprint density at radius 3 is 2.67 bits per heavy atom. The highest BCUT2D eigenvalue weighted by Gasteiger charge is 2.34. The maximum absolute atomic E-state index is 12.5. The molecule has 0 radical (unpaired) electrons. The van der Waals surface area contributed by atoms with Crippen LogP contribution in [0.25, 0.3) is 0 Å². The van der Waals surface area contributed by atoms with Gasteiger partial charge in [0, 0.05) is 30.8 Å². The molecular formula is C14H15N3O3S. The number of urea groups is 1. The van der Waals surface area contributed by atoms with Crippen LogP contribution in [0.3, 0.4) is 0 Å². The molecule has 0 aromatic heterocycles. The lowest BCUT2D eigenvalue weighted by molar-refractivity contribution is -0.141. The van der Waals surface area contributed by atoms with Crippen LogP contribution in [0.4, 0.5) is 10.5 Å². The molecule has 0 spiro atoms. The van der Waals surface area contributed by atoms with Gasteiger partial charge in [-0.05, 0) is 24.3 Å². The van der Waals surface area contributed by atoms with Gasteiger partial charge in [0.15, 0.2) is 0 Å². The maximum Gasteiger partial charge on any atom is 0.327 e. The van der Waals surface area contributed by atoms with Gasteiger partial charge >= 0.3 is 12.0 Å². The van der Waals surface area contributed by atoms with Crippen LogP contribution >= 0.6 is 11.8 Å². The summed E-state index contributed by atoms with van der Waals surface area (Å²) in [7, 11) is 1.60. The van der Waals surface area contributed by atoms with Crippen LogP contribution < -0.4 is 4.90 Å². The molecule has 1 unspecified atom stereocenters. The standard InChI is InChI=1S/C14H15N3O3S/c1-16(11-4-2-10(8-15)3-5-11)14(20)17-6-7-21-9-12(17)13(18)19/h2-5,12H,6-7,9H2,1H3,(H,18,19). The predicted molar refractivity (Wildman–Crippen MR) is 80.4 cm³/mol. The Labute approximate surface area is 126 Å². The number of nitriles is 1. The summed E-state index contributed by atoms with van der Waals surface area (Å²) in [6, 6.07) is 7.47. The number of carbonyl (C=O) groups is 2. The molecule has 0 saturated carbocycles. The van der Waals surface area contributed by atoms with Crippen molar-refractivity contribution in [3.63, 3.8) is 0 Å². The molecule has 1 aromatic carbocycles. The number of amides is 2. The van der Waals surface area contributed by atoms with Crippen molar-refractivity contribution in [2.45, 2.75) is 6.04 Å². The van der Waals surface area contributed by atoms with E-state index < -0.39 is 12.0 Å². The number of thioether (sulfide) groups is 1. The van der Waals surface area contributed by atoms with Gasteiger partial charge in [-0.3, -0.25) is 4.90 Å². The average molecular weight is 305 g/mol. The molecule has 1 saturated heterocycles. The van der Waals surface area contributed by atoms with Crippen molar-refractivity contribution >= 4 is 29.4 Å². The zero-order valence-corrected chi connectivity index (χ0v) is 12.3. The SMILES string of the molecule is CN(C(=O)N1CCSCC1C(=O)O)c1ccc(C#N)cc1. The maximum atomic E-state index is 12.5. The number of nitrogens with zero attached hydrogens (tertiary/aromatic N) is 3. The molecule has 110 valence electrons. The molecule has 1 N–H and O–H groups in total. The number of carboxylic acids is 1. The van der Waals surface area contributed by atoms with Crippen molar-refractivity contribution in [1.29, 1.82) is 5.26 Å². The summed E-state index contributed by atoms with van der Waals surface area (Å²) in [4.78, 5) is 26.5. The Balaban J connectivity index is 2.17. The zero-order valence-electron chi connectivity index (χ0n) is 11.5. The van der Waals surface area contributed by atoms with E-state index in [0.29, 0.717) is 23.5 Å². The molecule has 1 aromatic rings. The second-order valence-electron chi connectivity index (χ2n) is 4.62. The predicted octanol–water partition coefficient (Wildman–Crippen LogP) is 1.62. The first-order valence-electron chi connectivity index (χ1n) is 6.39. The number of anilines is 1. The minimum absolute atomic E-state index is 0.340. The summed E-state index contributed by atoms with van der Waals surface area (Å²) >= 11 is 1.54. The van der Waals surface area contributed by atoms with E-state index in [1.807, 2.05) is 6.07 Å². The van der Waals surface area contributed by atoms with Crippen LogP contribution in [0.2, 0.25) is 0 Å². The summed E-state index contributed by atoms with van der Waals surface area (Å²) in [5, 5.41) is 18.0. The molecule has 6 nitrogen and oxygen atoms in total. The smallest absolute Gasteiger partial charge is 0.327 e. The zero-order chi connectivity index (χ0) is 15.4.